The summed E-state index contributed by atoms with van der Waals surface area (Å²) in [6.45, 7) is 6.36. The van der Waals surface area contributed by atoms with Gasteiger partial charge in [-0.3, -0.25) is 14.7 Å². The predicted octanol–water partition coefficient (Wildman–Crippen LogP) is 4.48. The van der Waals surface area contributed by atoms with Crippen LogP contribution in [0.1, 0.15) is 30.5 Å². The molecular formula is C21H24N4O4S. The molecule has 9 heteroatoms. The number of aromatic nitrogens is 3. The number of rotatable bonds is 10. The Hall–Kier alpha value is -3.07. The molecule has 0 bridgehead atoms. The highest BCUT2D eigenvalue weighted by Crippen LogP contribution is 2.39. The molecule has 0 fully saturated rings. The molecule has 0 amide bonds. The SMILES string of the molecule is CCOc1ccc([C@H](C[N+](=O)[O-])Sc2nnc(C)n2-c2ccccc2)cc1OCC. The fourth-order valence-corrected chi connectivity index (χ4v) is 4.20. The third-order valence-corrected chi connectivity index (χ3v) is 5.49. The van der Waals surface area contributed by atoms with Crippen molar-refractivity contribution in [2.45, 2.75) is 31.2 Å². The third kappa shape index (κ3) is 5.10. The molecule has 3 aromatic rings. The van der Waals surface area contributed by atoms with E-state index in [0.29, 0.717) is 35.7 Å². The van der Waals surface area contributed by atoms with E-state index in [4.69, 9.17) is 9.47 Å². The summed E-state index contributed by atoms with van der Waals surface area (Å²) in [5.41, 5.74) is 1.67. The highest BCUT2D eigenvalue weighted by molar-refractivity contribution is 7.99. The molecule has 8 nitrogen and oxygen atoms in total. The van der Waals surface area contributed by atoms with Crippen molar-refractivity contribution in [3.05, 3.63) is 70.0 Å². The summed E-state index contributed by atoms with van der Waals surface area (Å²) in [5.74, 6) is 1.91. The molecule has 0 aliphatic heterocycles. The van der Waals surface area contributed by atoms with Crippen molar-refractivity contribution in [2.75, 3.05) is 19.8 Å². The van der Waals surface area contributed by atoms with Gasteiger partial charge in [-0.25, -0.2) is 0 Å². The van der Waals surface area contributed by atoms with E-state index in [9.17, 15) is 10.1 Å². The Kier molecular flexibility index (Phi) is 7.29. The maximum Gasteiger partial charge on any atom is 0.220 e. The number of hydrogen-bond donors (Lipinski definition) is 0. The van der Waals surface area contributed by atoms with Crippen molar-refractivity contribution >= 4 is 11.8 Å². The van der Waals surface area contributed by atoms with Crippen LogP contribution in [0.5, 0.6) is 11.5 Å². The smallest absolute Gasteiger partial charge is 0.220 e. The molecule has 1 atom stereocenters. The Balaban J connectivity index is 1.97. The van der Waals surface area contributed by atoms with Crippen molar-refractivity contribution in [1.29, 1.82) is 0 Å². The van der Waals surface area contributed by atoms with Gasteiger partial charge in [0.15, 0.2) is 16.7 Å². The number of ether oxygens (including phenoxy) is 2. The number of nitrogens with zero attached hydrogens (tertiary/aromatic N) is 4. The van der Waals surface area contributed by atoms with E-state index in [2.05, 4.69) is 10.2 Å². The van der Waals surface area contributed by atoms with E-state index in [1.54, 1.807) is 6.07 Å². The van der Waals surface area contributed by atoms with Gasteiger partial charge in [0.25, 0.3) is 0 Å². The van der Waals surface area contributed by atoms with Crippen molar-refractivity contribution in [2.24, 2.45) is 0 Å². The lowest BCUT2D eigenvalue weighted by Gasteiger charge is -2.17. The number of thioether (sulfide) groups is 1. The summed E-state index contributed by atoms with van der Waals surface area (Å²) in [6, 6.07) is 15.1. The van der Waals surface area contributed by atoms with Crippen LogP contribution in [0.3, 0.4) is 0 Å². The van der Waals surface area contributed by atoms with E-state index < -0.39 is 5.25 Å². The average Bonchev–Trinajstić information content (AvgIpc) is 3.09. The molecule has 1 heterocycles. The topological polar surface area (TPSA) is 92.3 Å². The van der Waals surface area contributed by atoms with Crippen LogP contribution in [0, 0.1) is 17.0 Å². The highest BCUT2D eigenvalue weighted by atomic mass is 32.2. The summed E-state index contributed by atoms with van der Waals surface area (Å²) < 4.78 is 13.2. The van der Waals surface area contributed by atoms with Crippen molar-refractivity contribution in [3.8, 4) is 17.2 Å². The molecular weight excluding hydrogens is 404 g/mol. The van der Waals surface area contributed by atoms with E-state index in [1.807, 2.05) is 67.8 Å². The standard InChI is InChI=1S/C21H24N4O4S/c1-4-28-18-12-11-16(13-19(18)29-5-2)20(14-24(26)27)30-21-23-22-15(3)25(21)17-9-7-6-8-10-17/h6-13,20H,4-5,14H2,1-3H3/t20-/m0/s1. The largest absolute Gasteiger partial charge is 0.490 e. The van der Waals surface area contributed by atoms with E-state index >= 15 is 0 Å². The number of aryl methyl sites for hydroxylation is 1. The van der Waals surface area contributed by atoms with Gasteiger partial charge in [-0.2, -0.15) is 0 Å². The summed E-state index contributed by atoms with van der Waals surface area (Å²) in [6.07, 6.45) is 0. The van der Waals surface area contributed by atoms with Crippen molar-refractivity contribution in [1.82, 2.24) is 14.8 Å². The van der Waals surface area contributed by atoms with Gasteiger partial charge in [0.2, 0.25) is 6.54 Å². The molecule has 3 rings (SSSR count). The van der Waals surface area contributed by atoms with Gasteiger partial charge < -0.3 is 9.47 Å². The van der Waals surface area contributed by atoms with Crippen LogP contribution in [-0.2, 0) is 0 Å². The lowest BCUT2D eigenvalue weighted by molar-refractivity contribution is -0.479. The van der Waals surface area contributed by atoms with Crippen LogP contribution in [0.2, 0.25) is 0 Å². The zero-order chi connectivity index (χ0) is 21.5. The minimum Gasteiger partial charge on any atom is -0.490 e. The summed E-state index contributed by atoms with van der Waals surface area (Å²) in [5, 5.41) is 20.0. The maximum absolute atomic E-state index is 11.4. The van der Waals surface area contributed by atoms with Crippen LogP contribution in [0.15, 0.2) is 53.7 Å². The zero-order valence-corrected chi connectivity index (χ0v) is 18.0. The lowest BCUT2D eigenvalue weighted by Crippen LogP contribution is -2.11. The molecule has 30 heavy (non-hydrogen) atoms. The van der Waals surface area contributed by atoms with Gasteiger partial charge in [-0.1, -0.05) is 36.0 Å². The lowest BCUT2D eigenvalue weighted by atomic mass is 10.1. The maximum atomic E-state index is 11.4. The Morgan fingerprint density at radius 2 is 1.77 bits per heavy atom. The number of benzene rings is 2. The van der Waals surface area contributed by atoms with Crippen LogP contribution >= 0.6 is 11.8 Å². The first-order valence-corrected chi connectivity index (χ1v) is 10.6. The van der Waals surface area contributed by atoms with E-state index in [1.165, 1.54) is 11.8 Å². The molecule has 0 spiro atoms. The van der Waals surface area contributed by atoms with Gasteiger partial charge in [0, 0.05) is 10.6 Å². The first kappa shape index (κ1) is 21.6. The Morgan fingerprint density at radius 1 is 1.07 bits per heavy atom. The first-order chi connectivity index (χ1) is 14.5. The predicted molar refractivity (Wildman–Crippen MR) is 115 cm³/mol. The molecule has 0 unspecified atom stereocenters. The summed E-state index contributed by atoms with van der Waals surface area (Å²) in [4.78, 5) is 11.1. The number of nitro groups is 1. The van der Waals surface area contributed by atoms with Crippen LogP contribution < -0.4 is 9.47 Å². The molecule has 0 aliphatic rings. The fraction of sp³-hybridized carbons (Fsp3) is 0.333. The Bertz CT molecular complexity index is 994. The minimum absolute atomic E-state index is 0.259. The van der Waals surface area contributed by atoms with Crippen molar-refractivity contribution in [3.63, 3.8) is 0 Å². The van der Waals surface area contributed by atoms with Gasteiger partial charge in [0.1, 0.15) is 11.1 Å². The van der Waals surface area contributed by atoms with Gasteiger partial charge in [0.05, 0.1) is 13.2 Å². The number of hydrogen-bond acceptors (Lipinski definition) is 7. The number of para-hydroxylation sites is 1. The molecule has 158 valence electrons. The minimum atomic E-state index is -0.471. The second-order valence-corrected chi connectivity index (χ2v) is 7.56. The normalized spacial score (nSPS) is 11.8. The average molecular weight is 429 g/mol. The molecule has 0 N–H and O–H groups in total. The van der Waals surface area contributed by atoms with E-state index in [0.717, 1.165) is 11.3 Å². The Labute approximate surface area is 179 Å². The van der Waals surface area contributed by atoms with Crippen molar-refractivity contribution < 1.29 is 14.4 Å². The van der Waals surface area contributed by atoms with Gasteiger partial charge in [-0.05, 0) is 50.6 Å². The zero-order valence-electron chi connectivity index (χ0n) is 17.1. The van der Waals surface area contributed by atoms with E-state index in [-0.39, 0.29) is 11.5 Å². The molecule has 0 aliphatic carbocycles. The fourth-order valence-electron chi connectivity index (χ4n) is 3.03. The molecule has 0 radical (unpaired) electrons. The highest BCUT2D eigenvalue weighted by Gasteiger charge is 2.25. The van der Waals surface area contributed by atoms with Gasteiger partial charge in [-0.15, -0.1) is 10.2 Å². The Morgan fingerprint density at radius 3 is 2.43 bits per heavy atom. The van der Waals surface area contributed by atoms with Gasteiger partial charge >= 0.3 is 0 Å². The quantitative estimate of drug-likeness (QED) is 0.267. The van der Waals surface area contributed by atoms with Crippen LogP contribution in [0.25, 0.3) is 5.69 Å². The monoisotopic (exact) mass is 428 g/mol. The second-order valence-electron chi connectivity index (χ2n) is 6.39. The molecule has 2 aromatic carbocycles. The first-order valence-electron chi connectivity index (χ1n) is 9.68. The van der Waals surface area contributed by atoms with Crippen LogP contribution in [-0.4, -0.2) is 39.4 Å². The molecule has 0 saturated heterocycles. The summed E-state index contributed by atoms with van der Waals surface area (Å²) in [7, 11) is 0. The molecule has 0 saturated carbocycles. The third-order valence-electron chi connectivity index (χ3n) is 4.31. The summed E-state index contributed by atoms with van der Waals surface area (Å²) >= 11 is 1.31. The molecule has 1 aromatic heterocycles. The van der Waals surface area contributed by atoms with Crippen LogP contribution in [0.4, 0.5) is 0 Å². The second kappa shape index (κ2) is 10.1.